The number of aryl methyl sites for hydroxylation is 1. The van der Waals surface area contributed by atoms with Gasteiger partial charge in [-0.3, -0.25) is 0 Å². The Balaban J connectivity index is 1.34. The molecule has 3 rings (SSSR count). The van der Waals surface area contributed by atoms with Gasteiger partial charge in [0.1, 0.15) is 0 Å². The molecule has 0 spiro atoms. The van der Waals surface area contributed by atoms with Gasteiger partial charge in [0.2, 0.25) is 0 Å². The highest BCUT2D eigenvalue weighted by Crippen LogP contribution is 2.38. The molecule has 0 saturated heterocycles. The van der Waals surface area contributed by atoms with E-state index >= 15 is 0 Å². The van der Waals surface area contributed by atoms with Crippen molar-refractivity contribution >= 4 is 0 Å². The van der Waals surface area contributed by atoms with Gasteiger partial charge in [0.05, 0.1) is 0 Å². The van der Waals surface area contributed by atoms with Gasteiger partial charge >= 0.3 is 0 Å². The Morgan fingerprint density at radius 1 is 0.514 bits per heavy atom. The Bertz CT molecular complexity index is 761. The largest absolute Gasteiger partial charge is 0.0654 e. The minimum Gasteiger partial charge on any atom is -0.0654 e. The summed E-state index contributed by atoms with van der Waals surface area (Å²) in [5.74, 6) is 1.78. The molecule has 0 aromatic heterocycles. The van der Waals surface area contributed by atoms with Gasteiger partial charge < -0.3 is 0 Å². The first-order chi connectivity index (χ1) is 17.3. The summed E-state index contributed by atoms with van der Waals surface area (Å²) < 4.78 is 0. The van der Waals surface area contributed by atoms with Crippen LogP contribution in [-0.4, -0.2) is 0 Å². The van der Waals surface area contributed by atoms with E-state index in [1.165, 1.54) is 139 Å². The number of rotatable bonds is 17. The smallest absolute Gasteiger partial charge is 0.0162 e. The van der Waals surface area contributed by atoms with Crippen LogP contribution in [0.1, 0.15) is 146 Å². The molecule has 0 N–H and O–H groups in total. The third kappa shape index (κ3) is 10.5. The Morgan fingerprint density at radius 2 is 1.00 bits per heavy atom. The van der Waals surface area contributed by atoms with Crippen molar-refractivity contribution in [1.29, 1.82) is 0 Å². The molecule has 1 aliphatic rings. The third-order valence-corrected chi connectivity index (χ3v) is 8.55. The minimum absolute atomic E-state index is 0.786. The van der Waals surface area contributed by atoms with E-state index in [0.29, 0.717) is 0 Å². The molecule has 0 amide bonds. The van der Waals surface area contributed by atoms with E-state index in [1.54, 1.807) is 5.56 Å². The molecular formula is C35H54. The average Bonchev–Trinajstić information content (AvgIpc) is 2.91. The van der Waals surface area contributed by atoms with Gasteiger partial charge in [0, 0.05) is 0 Å². The van der Waals surface area contributed by atoms with Gasteiger partial charge in [-0.05, 0) is 72.6 Å². The lowest BCUT2D eigenvalue weighted by Gasteiger charge is -2.29. The van der Waals surface area contributed by atoms with Crippen molar-refractivity contribution in [2.75, 3.05) is 0 Å². The molecule has 0 radical (unpaired) electrons. The van der Waals surface area contributed by atoms with Crippen LogP contribution in [0.15, 0.2) is 48.5 Å². The second-order valence-electron chi connectivity index (χ2n) is 11.5. The predicted octanol–water partition coefficient (Wildman–Crippen LogP) is 11.7. The Hall–Kier alpha value is -1.56. The molecule has 2 aromatic carbocycles. The summed E-state index contributed by atoms with van der Waals surface area (Å²) in [6.45, 7) is 4.59. The van der Waals surface area contributed by atoms with Crippen LogP contribution in [0.4, 0.5) is 0 Å². The topological polar surface area (TPSA) is 0 Å². The van der Waals surface area contributed by atoms with E-state index in [9.17, 15) is 0 Å². The number of hydrogen-bond donors (Lipinski definition) is 0. The van der Waals surface area contributed by atoms with Crippen LogP contribution in [-0.2, 0) is 6.42 Å². The van der Waals surface area contributed by atoms with Crippen LogP contribution in [0.2, 0.25) is 0 Å². The third-order valence-electron chi connectivity index (χ3n) is 8.55. The lowest BCUT2D eigenvalue weighted by molar-refractivity contribution is 0.302. The number of unbranched alkanes of at least 4 members (excludes halogenated alkanes) is 11. The molecule has 0 unspecified atom stereocenters. The van der Waals surface area contributed by atoms with Crippen molar-refractivity contribution in [3.8, 4) is 11.1 Å². The Labute approximate surface area is 218 Å². The van der Waals surface area contributed by atoms with Crippen LogP contribution in [0.3, 0.4) is 0 Å². The summed E-state index contributed by atoms with van der Waals surface area (Å²) in [7, 11) is 0. The van der Waals surface area contributed by atoms with Gasteiger partial charge in [-0.25, -0.2) is 0 Å². The highest BCUT2D eigenvalue weighted by molar-refractivity contribution is 5.64. The summed E-state index contributed by atoms with van der Waals surface area (Å²) in [6.07, 6.45) is 26.8. The summed E-state index contributed by atoms with van der Waals surface area (Å²) in [5, 5.41) is 0. The molecule has 0 nitrogen and oxygen atoms in total. The van der Waals surface area contributed by atoms with E-state index in [-0.39, 0.29) is 0 Å². The van der Waals surface area contributed by atoms with Crippen LogP contribution >= 0.6 is 0 Å². The van der Waals surface area contributed by atoms with Gasteiger partial charge in [0.15, 0.2) is 0 Å². The zero-order valence-electron chi connectivity index (χ0n) is 23.2. The molecular weight excluding hydrogens is 420 g/mol. The Morgan fingerprint density at radius 3 is 1.57 bits per heavy atom. The summed E-state index contributed by atoms with van der Waals surface area (Å²) >= 11 is 0. The van der Waals surface area contributed by atoms with Gasteiger partial charge in [-0.1, -0.05) is 146 Å². The van der Waals surface area contributed by atoms with E-state index in [0.717, 1.165) is 11.8 Å². The van der Waals surface area contributed by atoms with Crippen molar-refractivity contribution in [2.24, 2.45) is 5.92 Å². The van der Waals surface area contributed by atoms with Crippen molar-refractivity contribution in [1.82, 2.24) is 0 Å². The van der Waals surface area contributed by atoms with Crippen LogP contribution < -0.4 is 0 Å². The first-order valence-electron chi connectivity index (χ1n) is 15.5. The van der Waals surface area contributed by atoms with Crippen LogP contribution in [0.25, 0.3) is 11.1 Å². The molecule has 0 heterocycles. The monoisotopic (exact) mass is 474 g/mol. The molecule has 0 bridgehead atoms. The van der Waals surface area contributed by atoms with Gasteiger partial charge in [0.25, 0.3) is 0 Å². The number of benzene rings is 2. The molecule has 1 saturated carbocycles. The molecule has 0 atom stereocenters. The molecule has 2 aromatic rings. The highest BCUT2D eigenvalue weighted by atomic mass is 14.3. The standard InChI is InChI=1S/C35H54/c1-3-5-7-9-10-11-13-15-17-31-20-24-33(25-21-31)35-28-26-34(27-29-35)32-22-18-30(19-23-32)16-14-12-8-6-4-2/h18-19,22-23,26-29,31,33H,3-17,20-21,24-25H2,1-2H3. The first kappa shape index (κ1) is 28.0. The molecule has 35 heavy (non-hydrogen) atoms. The van der Waals surface area contributed by atoms with E-state index in [1.807, 2.05) is 0 Å². The maximum atomic E-state index is 2.42. The minimum atomic E-state index is 0.786. The van der Waals surface area contributed by atoms with Crippen molar-refractivity contribution in [3.63, 3.8) is 0 Å². The molecule has 1 fully saturated rings. The lowest BCUT2D eigenvalue weighted by Crippen LogP contribution is -2.13. The fraction of sp³-hybridized carbons (Fsp3) is 0.657. The summed E-state index contributed by atoms with van der Waals surface area (Å²) in [5.41, 5.74) is 5.79. The molecule has 1 aliphatic carbocycles. The zero-order chi connectivity index (χ0) is 24.6. The van der Waals surface area contributed by atoms with E-state index in [2.05, 4.69) is 62.4 Å². The van der Waals surface area contributed by atoms with Crippen molar-refractivity contribution in [2.45, 2.75) is 142 Å². The first-order valence-corrected chi connectivity index (χ1v) is 15.5. The SMILES string of the molecule is CCCCCCCCCCC1CCC(c2ccc(-c3ccc(CCCCCCC)cc3)cc2)CC1. The van der Waals surface area contributed by atoms with Gasteiger partial charge in [-0.15, -0.1) is 0 Å². The van der Waals surface area contributed by atoms with E-state index < -0.39 is 0 Å². The quantitative estimate of drug-likeness (QED) is 0.200. The fourth-order valence-electron chi connectivity index (χ4n) is 6.10. The normalized spacial score (nSPS) is 18.1. The van der Waals surface area contributed by atoms with E-state index in [4.69, 9.17) is 0 Å². The molecule has 0 heteroatoms. The molecule has 194 valence electrons. The van der Waals surface area contributed by atoms with Crippen molar-refractivity contribution in [3.05, 3.63) is 59.7 Å². The van der Waals surface area contributed by atoms with Crippen LogP contribution in [0.5, 0.6) is 0 Å². The Kier molecular flexibility index (Phi) is 13.6. The summed E-state index contributed by atoms with van der Waals surface area (Å²) in [4.78, 5) is 0. The van der Waals surface area contributed by atoms with Gasteiger partial charge in [-0.2, -0.15) is 0 Å². The highest BCUT2D eigenvalue weighted by Gasteiger charge is 2.22. The fourth-order valence-corrected chi connectivity index (χ4v) is 6.10. The predicted molar refractivity (Wildman–Crippen MR) is 156 cm³/mol. The van der Waals surface area contributed by atoms with Crippen molar-refractivity contribution < 1.29 is 0 Å². The maximum absolute atomic E-state index is 2.42. The maximum Gasteiger partial charge on any atom is -0.0162 e. The molecule has 0 aliphatic heterocycles. The van der Waals surface area contributed by atoms with Crippen LogP contribution in [0, 0.1) is 5.92 Å². The average molecular weight is 475 g/mol. The lowest BCUT2D eigenvalue weighted by atomic mass is 9.77. The number of hydrogen-bond acceptors (Lipinski definition) is 0. The summed E-state index contributed by atoms with van der Waals surface area (Å²) in [6, 6.07) is 18.9. The second kappa shape index (κ2) is 17.0. The second-order valence-corrected chi connectivity index (χ2v) is 11.5. The zero-order valence-corrected chi connectivity index (χ0v) is 23.2.